The summed E-state index contributed by atoms with van der Waals surface area (Å²) < 4.78 is 5.51. The second kappa shape index (κ2) is 7.93. The Morgan fingerprint density at radius 3 is 2.87 bits per heavy atom. The fourth-order valence-corrected chi connectivity index (χ4v) is 3.73. The SMILES string of the molecule is C[C@H]1C[C@@H](C(=O)NC(CC2CCOC2)c2ccccc2)CCN1. The van der Waals surface area contributed by atoms with Gasteiger partial charge in [0.1, 0.15) is 0 Å². The van der Waals surface area contributed by atoms with Gasteiger partial charge in [-0.1, -0.05) is 30.3 Å². The van der Waals surface area contributed by atoms with Crippen LogP contribution in [-0.4, -0.2) is 31.7 Å². The summed E-state index contributed by atoms with van der Waals surface area (Å²) in [6, 6.07) is 10.9. The van der Waals surface area contributed by atoms with Crippen molar-refractivity contribution < 1.29 is 9.53 Å². The van der Waals surface area contributed by atoms with E-state index in [0.717, 1.165) is 45.4 Å². The minimum atomic E-state index is 0.0978. The zero-order valence-electron chi connectivity index (χ0n) is 14.0. The predicted octanol–water partition coefficient (Wildman–Crippen LogP) is 2.66. The molecule has 4 atom stereocenters. The highest BCUT2D eigenvalue weighted by Crippen LogP contribution is 2.27. The topological polar surface area (TPSA) is 50.4 Å². The highest BCUT2D eigenvalue weighted by atomic mass is 16.5. The molecule has 2 heterocycles. The van der Waals surface area contributed by atoms with Gasteiger partial charge >= 0.3 is 0 Å². The van der Waals surface area contributed by atoms with Crippen molar-refractivity contribution >= 4 is 5.91 Å². The molecule has 23 heavy (non-hydrogen) atoms. The van der Waals surface area contributed by atoms with Gasteiger partial charge < -0.3 is 15.4 Å². The van der Waals surface area contributed by atoms with E-state index >= 15 is 0 Å². The molecule has 2 unspecified atom stereocenters. The fraction of sp³-hybridized carbons (Fsp3) is 0.632. The summed E-state index contributed by atoms with van der Waals surface area (Å²) in [6.07, 6.45) is 3.93. The second-order valence-electron chi connectivity index (χ2n) is 7.01. The Bertz CT molecular complexity index is 499. The van der Waals surface area contributed by atoms with Crippen LogP contribution in [0.2, 0.25) is 0 Å². The van der Waals surface area contributed by atoms with Crippen LogP contribution < -0.4 is 10.6 Å². The number of benzene rings is 1. The predicted molar refractivity (Wildman–Crippen MR) is 91.1 cm³/mol. The Kier molecular flexibility index (Phi) is 5.68. The molecule has 0 bridgehead atoms. The van der Waals surface area contributed by atoms with E-state index in [0.29, 0.717) is 12.0 Å². The molecular formula is C19H28N2O2. The number of hydrogen-bond donors (Lipinski definition) is 2. The van der Waals surface area contributed by atoms with Gasteiger partial charge in [0.25, 0.3) is 0 Å². The van der Waals surface area contributed by atoms with Crippen molar-refractivity contribution in [2.45, 2.75) is 44.7 Å². The van der Waals surface area contributed by atoms with Gasteiger partial charge in [-0.05, 0) is 50.6 Å². The van der Waals surface area contributed by atoms with Gasteiger partial charge in [-0.3, -0.25) is 4.79 Å². The summed E-state index contributed by atoms with van der Waals surface area (Å²) in [6.45, 7) is 4.77. The van der Waals surface area contributed by atoms with Crippen LogP contribution in [0, 0.1) is 11.8 Å². The minimum absolute atomic E-state index is 0.0978. The maximum absolute atomic E-state index is 12.7. The highest BCUT2D eigenvalue weighted by molar-refractivity contribution is 5.79. The number of carbonyl (C=O) groups is 1. The van der Waals surface area contributed by atoms with Gasteiger partial charge in [0, 0.05) is 25.2 Å². The van der Waals surface area contributed by atoms with Crippen molar-refractivity contribution in [1.29, 1.82) is 0 Å². The summed E-state index contributed by atoms with van der Waals surface area (Å²) in [4.78, 5) is 12.7. The molecule has 0 spiro atoms. The van der Waals surface area contributed by atoms with Crippen LogP contribution in [0.1, 0.15) is 44.2 Å². The first-order chi connectivity index (χ1) is 11.2. The third-order valence-corrected chi connectivity index (χ3v) is 5.11. The Balaban J connectivity index is 1.66. The number of nitrogens with one attached hydrogen (secondary N) is 2. The van der Waals surface area contributed by atoms with Crippen LogP contribution in [0.25, 0.3) is 0 Å². The lowest BCUT2D eigenvalue weighted by molar-refractivity contribution is -0.127. The molecule has 0 radical (unpaired) electrons. The van der Waals surface area contributed by atoms with Crippen molar-refractivity contribution in [2.75, 3.05) is 19.8 Å². The molecular weight excluding hydrogens is 288 g/mol. The van der Waals surface area contributed by atoms with E-state index < -0.39 is 0 Å². The lowest BCUT2D eigenvalue weighted by Gasteiger charge is -2.29. The Morgan fingerprint density at radius 2 is 2.17 bits per heavy atom. The fourth-order valence-electron chi connectivity index (χ4n) is 3.73. The van der Waals surface area contributed by atoms with Gasteiger partial charge in [-0.25, -0.2) is 0 Å². The molecule has 2 fully saturated rings. The number of ether oxygens (including phenoxy) is 1. The summed E-state index contributed by atoms with van der Waals surface area (Å²) >= 11 is 0. The van der Waals surface area contributed by atoms with E-state index in [2.05, 4.69) is 29.7 Å². The first-order valence-corrected chi connectivity index (χ1v) is 8.89. The third kappa shape index (κ3) is 4.55. The Labute approximate surface area is 139 Å². The van der Waals surface area contributed by atoms with Crippen molar-refractivity contribution in [2.24, 2.45) is 11.8 Å². The van der Waals surface area contributed by atoms with Gasteiger partial charge in [0.2, 0.25) is 5.91 Å². The highest BCUT2D eigenvalue weighted by Gasteiger charge is 2.28. The van der Waals surface area contributed by atoms with E-state index in [1.54, 1.807) is 0 Å². The average Bonchev–Trinajstić information content (AvgIpc) is 3.08. The van der Waals surface area contributed by atoms with Crippen LogP contribution in [0.3, 0.4) is 0 Å². The molecule has 3 rings (SSSR count). The van der Waals surface area contributed by atoms with Crippen LogP contribution >= 0.6 is 0 Å². The molecule has 1 aromatic rings. The quantitative estimate of drug-likeness (QED) is 0.878. The normalized spacial score (nSPS) is 29.2. The van der Waals surface area contributed by atoms with Gasteiger partial charge in [0.15, 0.2) is 0 Å². The molecule has 1 amide bonds. The molecule has 0 aromatic heterocycles. The summed E-state index contributed by atoms with van der Waals surface area (Å²) in [5, 5.41) is 6.74. The van der Waals surface area contributed by atoms with E-state index in [1.165, 1.54) is 5.56 Å². The first-order valence-electron chi connectivity index (χ1n) is 8.89. The number of carbonyl (C=O) groups excluding carboxylic acids is 1. The molecule has 4 nitrogen and oxygen atoms in total. The standard InChI is InChI=1S/C19H28N2O2/c1-14-11-17(7-9-20-14)19(22)21-18(12-15-8-10-23-13-15)16-5-3-2-4-6-16/h2-6,14-15,17-18,20H,7-13H2,1H3,(H,21,22)/t14-,15?,17-,18?/m0/s1. The molecule has 2 aliphatic heterocycles. The lowest BCUT2D eigenvalue weighted by Crippen LogP contribution is -2.43. The molecule has 4 heteroatoms. The van der Waals surface area contributed by atoms with E-state index in [9.17, 15) is 4.79 Å². The van der Waals surface area contributed by atoms with E-state index in [1.807, 2.05) is 18.2 Å². The van der Waals surface area contributed by atoms with Crippen LogP contribution in [0.5, 0.6) is 0 Å². The molecule has 2 aliphatic rings. The smallest absolute Gasteiger partial charge is 0.223 e. The van der Waals surface area contributed by atoms with Crippen LogP contribution in [0.4, 0.5) is 0 Å². The van der Waals surface area contributed by atoms with Gasteiger partial charge in [-0.15, -0.1) is 0 Å². The maximum Gasteiger partial charge on any atom is 0.223 e. The van der Waals surface area contributed by atoms with Crippen molar-refractivity contribution in [1.82, 2.24) is 10.6 Å². The molecule has 0 aliphatic carbocycles. The summed E-state index contributed by atoms with van der Waals surface area (Å²) in [5.74, 6) is 0.899. The molecule has 2 N–H and O–H groups in total. The summed E-state index contributed by atoms with van der Waals surface area (Å²) in [7, 11) is 0. The summed E-state index contributed by atoms with van der Waals surface area (Å²) in [5.41, 5.74) is 1.20. The monoisotopic (exact) mass is 316 g/mol. The zero-order chi connectivity index (χ0) is 16.1. The van der Waals surface area contributed by atoms with E-state index in [-0.39, 0.29) is 17.9 Å². The zero-order valence-corrected chi connectivity index (χ0v) is 14.0. The molecule has 126 valence electrons. The lowest BCUT2D eigenvalue weighted by atomic mass is 9.90. The number of rotatable bonds is 5. The largest absolute Gasteiger partial charge is 0.381 e. The molecule has 0 saturated carbocycles. The maximum atomic E-state index is 12.7. The average molecular weight is 316 g/mol. The van der Waals surface area contributed by atoms with Crippen molar-refractivity contribution in [3.63, 3.8) is 0 Å². The van der Waals surface area contributed by atoms with Crippen molar-refractivity contribution in [3.8, 4) is 0 Å². The van der Waals surface area contributed by atoms with Crippen LogP contribution in [0.15, 0.2) is 30.3 Å². The Morgan fingerprint density at radius 1 is 1.35 bits per heavy atom. The van der Waals surface area contributed by atoms with Gasteiger partial charge in [0.05, 0.1) is 6.04 Å². The Hall–Kier alpha value is -1.39. The molecule has 2 saturated heterocycles. The molecule has 1 aromatic carbocycles. The van der Waals surface area contributed by atoms with Crippen molar-refractivity contribution in [3.05, 3.63) is 35.9 Å². The van der Waals surface area contributed by atoms with Crippen LogP contribution in [-0.2, 0) is 9.53 Å². The van der Waals surface area contributed by atoms with E-state index in [4.69, 9.17) is 4.74 Å². The second-order valence-corrected chi connectivity index (χ2v) is 7.01. The third-order valence-electron chi connectivity index (χ3n) is 5.11. The number of hydrogen-bond acceptors (Lipinski definition) is 3. The first kappa shape index (κ1) is 16.5. The van der Waals surface area contributed by atoms with Gasteiger partial charge in [-0.2, -0.15) is 0 Å². The number of piperidine rings is 1. The number of amides is 1. The minimum Gasteiger partial charge on any atom is -0.381 e.